The molecule has 2 heterocycles. The molecule has 0 unspecified atom stereocenters. The second-order valence-corrected chi connectivity index (χ2v) is 8.38. The van der Waals surface area contributed by atoms with Crippen LogP contribution in [0.2, 0.25) is 0 Å². The number of thioether (sulfide) groups is 1. The zero-order valence-electron chi connectivity index (χ0n) is 16.7. The van der Waals surface area contributed by atoms with Crippen molar-refractivity contribution in [1.82, 2.24) is 15.6 Å². The first-order valence-corrected chi connectivity index (χ1v) is 11.1. The van der Waals surface area contributed by atoms with Gasteiger partial charge in [-0.3, -0.25) is 4.99 Å². The van der Waals surface area contributed by atoms with Gasteiger partial charge in [0.05, 0.1) is 0 Å². The molecular formula is C21H32N4OS. The summed E-state index contributed by atoms with van der Waals surface area (Å²) in [6, 6.07) is 6.56. The van der Waals surface area contributed by atoms with Gasteiger partial charge in [0.1, 0.15) is 0 Å². The van der Waals surface area contributed by atoms with Gasteiger partial charge in [-0.2, -0.15) is 11.8 Å². The maximum Gasteiger partial charge on any atom is 0.191 e. The standard InChI is InChI=1S/C21H32N4OS/c1-4-16-6-5-7-18-17(14-24-19(16)18)8-11-23-20(22-2)25-15-21(27-3)9-12-26-13-10-21/h5-7,14,24H,4,8-13,15H2,1-3H3,(H2,22,23,25). The zero-order valence-corrected chi connectivity index (χ0v) is 17.5. The van der Waals surface area contributed by atoms with Gasteiger partial charge in [-0.05, 0) is 43.1 Å². The summed E-state index contributed by atoms with van der Waals surface area (Å²) in [5, 5.41) is 8.32. The summed E-state index contributed by atoms with van der Waals surface area (Å²) < 4.78 is 5.78. The minimum absolute atomic E-state index is 0.253. The van der Waals surface area contributed by atoms with Gasteiger partial charge in [0.15, 0.2) is 5.96 Å². The molecule has 5 nitrogen and oxygen atoms in total. The van der Waals surface area contributed by atoms with Gasteiger partial charge in [0, 0.05) is 55.2 Å². The summed E-state index contributed by atoms with van der Waals surface area (Å²) in [5.41, 5.74) is 4.01. The van der Waals surface area contributed by atoms with E-state index >= 15 is 0 Å². The third kappa shape index (κ3) is 4.79. The van der Waals surface area contributed by atoms with E-state index in [2.05, 4.69) is 58.2 Å². The molecule has 1 aromatic carbocycles. The number of benzene rings is 1. The van der Waals surface area contributed by atoms with E-state index in [0.29, 0.717) is 0 Å². The Morgan fingerprint density at radius 3 is 2.78 bits per heavy atom. The zero-order chi connectivity index (χ0) is 19.1. The van der Waals surface area contributed by atoms with E-state index in [1.807, 2.05) is 18.8 Å². The number of nitrogens with one attached hydrogen (secondary N) is 3. The van der Waals surface area contributed by atoms with Gasteiger partial charge >= 0.3 is 0 Å². The van der Waals surface area contributed by atoms with Crippen LogP contribution in [0.4, 0.5) is 0 Å². The van der Waals surface area contributed by atoms with Crippen LogP contribution in [0.25, 0.3) is 10.9 Å². The van der Waals surface area contributed by atoms with Crippen LogP contribution < -0.4 is 10.6 Å². The lowest BCUT2D eigenvalue weighted by molar-refractivity contribution is 0.0783. The molecule has 1 saturated heterocycles. The van der Waals surface area contributed by atoms with E-state index in [9.17, 15) is 0 Å². The van der Waals surface area contributed by atoms with Gasteiger partial charge in [0.25, 0.3) is 0 Å². The number of rotatable bonds is 7. The molecule has 3 N–H and O–H groups in total. The minimum Gasteiger partial charge on any atom is -0.381 e. The third-order valence-corrected chi connectivity index (χ3v) is 7.01. The van der Waals surface area contributed by atoms with Crippen molar-refractivity contribution in [2.24, 2.45) is 4.99 Å². The normalized spacial score (nSPS) is 17.2. The van der Waals surface area contributed by atoms with Crippen molar-refractivity contribution in [2.45, 2.75) is 37.4 Å². The summed E-state index contributed by atoms with van der Waals surface area (Å²) >= 11 is 1.94. The van der Waals surface area contributed by atoms with Gasteiger partial charge < -0.3 is 20.4 Å². The molecule has 1 aliphatic heterocycles. The number of aromatic nitrogens is 1. The Morgan fingerprint density at radius 1 is 1.26 bits per heavy atom. The van der Waals surface area contributed by atoms with E-state index in [-0.39, 0.29) is 4.75 Å². The second-order valence-electron chi connectivity index (χ2n) is 7.11. The Hall–Kier alpha value is -1.66. The first kappa shape index (κ1) is 20.1. The molecule has 0 aliphatic carbocycles. The van der Waals surface area contributed by atoms with Crippen LogP contribution in [-0.4, -0.2) is 55.3 Å². The number of aromatic amines is 1. The van der Waals surface area contributed by atoms with Crippen molar-refractivity contribution in [2.75, 3.05) is 39.6 Å². The van der Waals surface area contributed by atoms with Crippen LogP contribution in [0.5, 0.6) is 0 Å². The van der Waals surface area contributed by atoms with Crippen molar-refractivity contribution in [1.29, 1.82) is 0 Å². The van der Waals surface area contributed by atoms with Gasteiger partial charge in [0.2, 0.25) is 0 Å². The lowest BCUT2D eigenvalue weighted by Crippen LogP contribution is -2.48. The lowest BCUT2D eigenvalue weighted by Gasteiger charge is -2.36. The monoisotopic (exact) mass is 388 g/mol. The smallest absolute Gasteiger partial charge is 0.191 e. The number of aliphatic imine (C=N–C) groups is 1. The molecular weight excluding hydrogens is 356 g/mol. The molecule has 0 amide bonds. The summed E-state index contributed by atoms with van der Waals surface area (Å²) in [6.07, 6.45) is 8.54. The van der Waals surface area contributed by atoms with Gasteiger partial charge in [-0.25, -0.2) is 0 Å². The van der Waals surface area contributed by atoms with Crippen LogP contribution in [0.15, 0.2) is 29.4 Å². The number of nitrogens with zero attached hydrogens (tertiary/aromatic N) is 1. The highest BCUT2D eigenvalue weighted by molar-refractivity contribution is 8.00. The number of H-pyrrole nitrogens is 1. The number of fused-ring (bicyclic) bond motifs is 1. The number of aryl methyl sites for hydroxylation is 1. The Morgan fingerprint density at radius 2 is 2.07 bits per heavy atom. The van der Waals surface area contributed by atoms with E-state index < -0.39 is 0 Å². The maximum absolute atomic E-state index is 5.53. The van der Waals surface area contributed by atoms with Crippen molar-refractivity contribution < 1.29 is 4.74 Å². The van der Waals surface area contributed by atoms with E-state index in [1.54, 1.807) is 0 Å². The molecule has 1 fully saturated rings. The SMILES string of the molecule is CCc1cccc2c(CCNC(=NC)NCC3(SC)CCOCC3)c[nH]c12. The number of para-hydroxylation sites is 1. The molecule has 1 aliphatic rings. The summed E-state index contributed by atoms with van der Waals surface area (Å²) in [5.74, 6) is 0.879. The molecule has 27 heavy (non-hydrogen) atoms. The number of guanidine groups is 1. The highest BCUT2D eigenvalue weighted by Gasteiger charge is 2.31. The molecule has 0 atom stereocenters. The van der Waals surface area contributed by atoms with Crippen LogP contribution in [-0.2, 0) is 17.6 Å². The third-order valence-electron chi connectivity index (χ3n) is 5.59. The van der Waals surface area contributed by atoms with Crippen molar-refractivity contribution in [3.05, 3.63) is 35.5 Å². The van der Waals surface area contributed by atoms with Crippen LogP contribution in [0, 0.1) is 0 Å². The average molecular weight is 389 g/mol. The van der Waals surface area contributed by atoms with Gasteiger partial charge in [-0.1, -0.05) is 25.1 Å². The molecule has 6 heteroatoms. The second kappa shape index (κ2) is 9.51. The van der Waals surface area contributed by atoms with E-state index in [1.165, 1.54) is 22.0 Å². The Kier molecular flexibility index (Phi) is 7.07. The molecule has 148 valence electrons. The molecule has 0 spiro atoms. The van der Waals surface area contributed by atoms with Crippen molar-refractivity contribution in [3.63, 3.8) is 0 Å². The maximum atomic E-state index is 5.53. The average Bonchev–Trinajstić information content (AvgIpc) is 3.14. The number of hydrogen-bond acceptors (Lipinski definition) is 3. The molecule has 1 aromatic heterocycles. The first-order chi connectivity index (χ1) is 13.2. The van der Waals surface area contributed by atoms with E-state index in [0.717, 1.165) is 57.9 Å². The molecule has 2 aromatic rings. The quantitative estimate of drug-likeness (QED) is 0.503. The number of hydrogen-bond donors (Lipinski definition) is 3. The topological polar surface area (TPSA) is 61.4 Å². The van der Waals surface area contributed by atoms with Crippen LogP contribution in [0.3, 0.4) is 0 Å². The summed E-state index contributed by atoms with van der Waals surface area (Å²) in [4.78, 5) is 7.84. The Bertz CT molecular complexity index is 765. The Labute approximate surface area is 166 Å². The number of ether oxygens (including phenoxy) is 1. The summed E-state index contributed by atoms with van der Waals surface area (Å²) in [6.45, 7) is 5.69. The molecule has 0 bridgehead atoms. The fourth-order valence-corrected chi connectivity index (χ4v) is 4.55. The predicted molar refractivity (Wildman–Crippen MR) is 117 cm³/mol. The fraction of sp³-hybridized carbons (Fsp3) is 0.571. The summed E-state index contributed by atoms with van der Waals surface area (Å²) in [7, 11) is 1.84. The largest absolute Gasteiger partial charge is 0.381 e. The van der Waals surface area contributed by atoms with Gasteiger partial charge in [-0.15, -0.1) is 0 Å². The first-order valence-electron chi connectivity index (χ1n) is 9.86. The van der Waals surface area contributed by atoms with Crippen LogP contribution in [0.1, 0.15) is 30.9 Å². The molecule has 0 radical (unpaired) electrons. The highest BCUT2D eigenvalue weighted by Crippen LogP contribution is 2.32. The molecule has 3 rings (SSSR count). The molecule has 0 saturated carbocycles. The van der Waals surface area contributed by atoms with Crippen molar-refractivity contribution in [3.8, 4) is 0 Å². The lowest BCUT2D eigenvalue weighted by atomic mass is 9.99. The van der Waals surface area contributed by atoms with Crippen molar-refractivity contribution >= 4 is 28.6 Å². The fourth-order valence-electron chi connectivity index (χ4n) is 3.75. The minimum atomic E-state index is 0.253. The van der Waals surface area contributed by atoms with Crippen LogP contribution >= 0.6 is 11.8 Å². The Balaban J connectivity index is 1.53. The predicted octanol–water partition coefficient (Wildman–Crippen LogP) is 3.35. The highest BCUT2D eigenvalue weighted by atomic mass is 32.2. The van der Waals surface area contributed by atoms with E-state index in [4.69, 9.17) is 4.74 Å².